The first-order valence-electron chi connectivity index (χ1n) is 10.3. The number of benzene rings is 2. The van der Waals surface area contributed by atoms with Gasteiger partial charge in [0.25, 0.3) is 5.91 Å². The molecule has 0 unspecified atom stereocenters. The number of aromatic nitrogens is 2. The zero-order valence-electron chi connectivity index (χ0n) is 18.7. The van der Waals surface area contributed by atoms with Gasteiger partial charge in [-0.05, 0) is 61.7 Å². The number of hydrogen-bond acceptors (Lipinski definition) is 6. The molecule has 0 spiro atoms. The molecule has 0 radical (unpaired) electrons. The summed E-state index contributed by atoms with van der Waals surface area (Å²) in [5, 5.41) is 12.6. The van der Waals surface area contributed by atoms with Crippen molar-refractivity contribution in [3.05, 3.63) is 76.9 Å². The standard InChI is InChI=1S/C25H26N4O3/c1-16-5-6-24(21(9-16)13-26)19-10-20(12-23(11-19)32-8-7-31-4)25(30)29-17(2)22-14-27-18(3)28-15-22/h5-6,9-12,14-15,17H,7-8H2,1-4H3,(H,29,30)/t17-/m1/s1. The maximum atomic E-state index is 13.1. The molecule has 0 aliphatic carbocycles. The number of rotatable bonds is 8. The smallest absolute Gasteiger partial charge is 0.251 e. The van der Waals surface area contributed by atoms with E-state index in [2.05, 4.69) is 21.4 Å². The number of nitrogens with one attached hydrogen (secondary N) is 1. The Hall–Kier alpha value is -3.76. The highest BCUT2D eigenvalue weighted by Gasteiger charge is 2.16. The molecule has 1 N–H and O–H groups in total. The average Bonchev–Trinajstić information content (AvgIpc) is 2.79. The summed E-state index contributed by atoms with van der Waals surface area (Å²) in [5.41, 5.74) is 4.24. The maximum Gasteiger partial charge on any atom is 0.251 e. The van der Waals surface area contributed by atoms with Crippen LogP contribution < -0.4 is 10.1 Å². The van der Waals surface area contributed by atoms with E-state index < -0.39 is 0 Å². The second-order valence-corrected chi connectivity index (χ2v) is 7.51. The van der Waals surface area contributed by atoms with E-state index in [9.17, 15) is 10.1 Å². The summed E-state index contributed by atoms with van der Waals surface area (Å²) in [5.74, 6) is 0.937. The van der Waals surface area contributed by atoms with E-state index in [-0.39, 0.29) is 11.9 Å². The van der Waals surface area contributed by atoms with Gasteiger partial charge < -0.3 is 14.8 Å². The Labute approximate surface area is 188 Å². The van der Waals surface area contributed by atoms with Crippen molar-refractivity contribution in [1.29, 1.82) is 5.26 Å². The summed E-state index contributed by atoms with van der Waals surface area (Å²) < 4.78 is 10.8. The molecule has 1 amide bonds. The number of ether oxygens (including phenoxy) is 2. The molecule has 3 rings (SSSR count). The lowest BCUT2D eigenvalue weighted by Crippen LogP contribution is -2.27. The Morgan fingerprint density at radius 1 is 1.12 bits per heavy atom. The molecule has 0 saturated heterocycles. The van der Waals surface area contributed by atoms with E-state index in [1.807, 2.05) is 45.0 Å². The normalized spacial score (nSPS) is 11.5. The zero-order chi connectivity index (χ0) is 23.1. The molecule has 1 heterocycles. The number of methoxy groups -OCH3 is 1. The molecular formula is C25H26N4O3. The minimum absolute atomic E-state index is 0.262. The molecule has 2 aromatic carbocycles. The van der Waals surface area contributed by atoms with Crippen molar-refractivity contribution >= 4 is 5.91 Å². The third-order valence-corrected chi connectivity index (χ3v) is 4.98. The summed E-state index contributed by atoms with van der Waals surface area (Å²) in [6.07, 6.45) is 3.41. The van der Waals surface area contributed by atoms with Gasteiger partial charge in [-0.15, -0.1) is 0 Å². The van der Waals surface area contributed by atoms with Crippen molar-refractivity contribution in [3.8, 4) is 22.9 Å². The van der Waals surface area contributed by atoms with Crippen LogP contribution in [-0.4, -0.2) is 36.2 Å². The summed E-state index contributed by atoms with van der Waals surface area (Å²) in [4.78, 5) is 21.5. The van der Waals surface area contributed by atoms with Crippen LogP contribution in [-0.2, 0) is 4.74 Å². The van der Waals surface area contributed by atoms with Gasteiger partial charge in [-0.1, -0.05) is 12.1 Å². The Kier molecular flexibility index (Phi) is 7.53. The molecule has 3 aromatic rings. The number of hydrogen-bond donors (Lipinski definition) is 1. The fourth-order valence-electron chi connectivity index (χ4n) is 3.20. The van der Waals surface area contributed by atoms with E-state index in [0.29, 0.717) is 35.9 Å². The van der Waals surface area contributed by atoms with Crippen molar-refractivity contribution in [2.24, 2.45) is 0 Å². The Bertz CT molecular complexity index is 1140. The van der Waals surface area contributed by atoms with E-state index in [4.69, 9.17) is 9.47 Å². The van der Waals surface area contributed by atoms with Crippen LogP contribution in [0, 0.1) is 25.2 Å². The number of nitrogens with zero attached hydrogens (tertiary/aromatic N) is 3. The molecule has 0 aliphatic heterocycles. The molecule has 7 heteroatoms. The van der Waals surface area contributed by atoms with Gasteiger partial charge in [-0.3, -0.25) is 4.79 Å². The fraction of sp³-hybridized carbons (Fsp3) is 0.280. The minimum Gasteiger partial charge on any atom is -0.491 e. The molecule has 1 aromatic heterocycles. The first-order valence-corrected chi connectivity index (χ1v) is 10.3. The molecule has 7 nitrogen and oxygen atoms in total. The topological polar surface area (TPSA) is 97.1 Å². The van der Waals surface area contributed by atoms with E-state index >= 15 is 0 Å². The Morgan fingerprint density at radius 2 is 1.88 bits per heavy atom. The van der Waals surface area contributed by atoms with Gasteiger partial charge >= 0.3 is 0 Å². The average molecular weight is 431 g/mol. The second kappa shape index (κ2) is 10.5. The predicted octanol–water partition coefficient (Wildman–Crippen LogP) is 4.15. The van der Waals surface area contributed by atoms with Crippen LogP contribution >= 0.6 is 0 Å². The van der Waals surface area contributed by atoms with E-state index in [0.717, 1.165) is 22.3 Å². The first-order chi connectivity index (χ1) is 15.4. The molecule has 0 saturated carbocycles. The second-order valence-electron chi connectivity index (χ2n) is 7.51. The highest BCUT2D eigenvalue weighted by Crippen LogP contribution is 2.30. The zero-order valence-corrected chi connectivity index (χ0v) is 18.7. The SMILES string of the molecule is COCCOc1cc(C(=O)N[C@H](C)c2cnc(C)nc2)cc(-c2ccc(C)cc2C#N)c1. The van der Waals surface area contributed by atoms with Crippen LogP contribution in [0.15, 0.2) is 48.8 Å². The number of carbonyl (C=O) groups is 1. The number of aryl methyl sites for hydroxylation is 2. The van der Waals surface area contributed by atoms with Crippen LogP contribution in [0.2, 0.25) is 0 Å². The summed E-state index contributed by atoms with van der Waals surface area (Å²) in [6, 6.07) is 12.9. The number of nitriles is 1. The van der Waals surface area contributed by atoms with Gasteiger partial charge in [0.2, 0.25) is 0 Å². The van der Waals surface area contributed by atoms with Crippen LogP contribution in [0.4, 0.5) is 0 Å². The summed E-state index contributed by atoms with van der Waals surface area (Å²) >= 11 is 0. The number of amides is 1. The van der Waals surface area contributed by atoms with Crippen molar-refractivity contribution in [1.82, 2.24) is 15.3 Å². The fourth-order valence-corrected chi connectivity index (χ4v) is 3.20. The molecule has 0 bridgehead atoms. The minimum atomic E-state index is -0.279. The van der Waals surface area contributed by atoms with Crippen LogP contribution in [0.5, 0.6) is 5.75 Å². The maximum absolute atomic E-state index is 13.1. The molecular weight excluding hydrogens is 404 g/mol. The summed E-state index contributed by atoms with van der Waals surface area (Å²) in [7, 11) is 1.60. The highest BCUT2D eigenvalue weighted by molar-refractivity contribution is 5.96. The highest BCUT2D eigenvalue weighted by atomic mass is 16.5. The van der Waals surface area contributed by atoms with Crippen LogP contribution in [0.3, 0.4) is 0 Å². The van der Waals surface area contributed by atoms with Crippen LogP contribution in [0.1, 0.15) is 45.8 Å². The first kappa shape index (κ1) is 22.9. The Morgan fingerprint density at radius 3 is 2.56 bits per heavy atom. The van der Waals surface area contributed by atoms with Gasteiger partial charge in [0, 0.05) is 30.6 Å². The lowest BCUT2D eigenvalue weighted by Gasteiger charge is -2.16. The number of carbonyl (C=O) groups excluding carboxylic acids is 1. The van der Waals surface area contributed by atoms with Crippen molar-refractivity contribution < 1.29 is 14.3 Å². The third-order valence-electron chi connectivity index (χ3n) is 4.98. The third kappa shape index (κ3) is 5.68. The molecule has 0 aliphatic rings. The van der Waals surface area contributed by atoms with Crippen molar-refractivity contribution in [2.45, 2.75) is 26.8 Å². The molecule has 1 atom stereocenters. The van der Waals surface area contributed by atoms with Gasteiger partial charge in [-0.25, -0.2) is 9.97 Å². The predicted molar refractivity (Wildman–Crippen MR) is 121 cm³/mol. The molecule has 32 heavy (non-hydrogen) atoms. The molecule has 0 fully saturated rings. The lowest BCUT2D eigenvalue weighted by molar-refractivity contribution is 0.0939. The van der Waals surface area contributed by atoms with Crippen LogP contribution in [0.25, 0.3) is 11.1 Å². The van der Waals surface area contributed by atoms with Gasteiger partial charge in [0.1, 0.15) is 18.2 Å². The van der Waals surface area contributed by atoms with Gasteiger partial charge in [0.15, 0.2) is 0 Å². The van der Waals surface area contributed by atoms with Gasteiger partial charge in [0.05, 0.1) is 24.3 Å². The van der Waals surface area contributed by atoms with Crippen molar-refractivity contribution in [3.63, 3.8) is 0 Å². The summed E-state index contributed by atoms with van der Waals surface area (Å²) in [6.45, 7) is 6.38. The quantitative estimate of drug-likeness (QED) is 0.539. The Balaban J connectivity index is 1.94. The monoisotopic (exact) mass is 430 g/mol. The van der Waals surface area contributed by atoms with Crippen molar-refractivity contribution in [2.75, 3.05) is 20.3 Å². The van der Waals surface area contributed by atoms with E-state index in [1.54, 1.807) is 31.6 Å². The largest absolute Gasteiger partial charge is 0.491 e. The van der Waals surface area contributed by atoms with E-state index in [1.165, 1.54) is 0 Å². The lowest BCUT2D eigenvalue weighted by atomic mass is 9.96. The molecule has 164 valence electrons. The van der Waals surface area contributed by atoms with Gasteiger partial charge in [-0.2, -0.15) is 5.26 Å².